The number of benzene rings is 1. The van der Waals surface area contributed by atoms with Crippen molar-refractivity contribution in [3.63, 3.8) is 0 Å². The molecule has 3 heterocycles. The molecule has 2 aliphatic rings. The number of nitrogens with one attached hydrogen (secondary N) is 3. The molecule has 212 valence electrons. The molecule has 2 fully saturated rings. The van der Waals surface area contributed by atoms with Crippen LogP contribution >= 0.6 is 23.1 Å². The van der Waals surface area contributed by atoms with Crippen molar-refractivity contribution >= 4 is 51.4 Å². The van der Waals surface area contributed by atoms with E-state index in [1.54, 1.807) is 6.07 Å². The fourth-order valence-electron chi connectivity index (χ4n) is 4.86. The second-order valence-electron chi connectivity index (χ2n) is 10.6. The minimum absolute atomic E-state index is 0.188. The Balaban J connectivity index is 1.27. The zero-order chi connectivity index (χ0) is 28.4. The fourth-order valence-corrected chi connectivity index (χ4v) is 5.98. The molecule has 0 unspecified atom stereocenters. The van der Waals surface area contributed by atoms with Gasteiger partial charge in [0.05, 0.1) is 17.1 Å². The quantitative estimate of drug-likeness (QED) is 0.222. The lowest BCUT2D eigenvalue weighted by Crippen LogP contribution is -2.45. The summed E-state index contributed by atoms with van der Waals surface area (Å²) in [5.41, 5.74) is 10.1. The van der Waals surface area contributed by atoms with Crippen LogP contribution in [0.15, 0.2) is 34.2 Å². The summed E-state index contributed by atoms with van der Waals surface area (Å²) in [5.74, 6) is 0.979. The first kappa shape index (κ1) is 28.3. The van der Waals surface area contributed by atoms with Gasteiger partial charge in [0.2, 0.25) is 0 Å². The van der Waals surface area contributed by atoms with Gasteiger partial charge in [-0.25, -0.2) is 4.98 Å². The number of amidine groups is 1. The molecule has 0 bridgehead atoms. The molecule has 10 nitrogen and oxygen atoms in total. The highest BCUT2D eigenvalue weighted by molar-refractivity contribution is 7.10. The maximum atomic E-state index is 13.1. The van der Waals surface area contributed by atoms with Crippen LogP contribution < -0.4 is 21.9 Å². The highest BCUT2D eigenvalue weighted by Crippen LogP contribution is 2.40. The smallest absolute Gasteiger partial charge is 0.271 e. The molecule has 1 amide bonds. The summed E-state index contributed by atoms with van der Waals surface area (Å²) in [4.78, 5) is 39.3. The lowest BCUT2D eigenvalue weighted by atomic mass is 10.1. The number of hydrogen-bond acceptors (Lipinski definition) is 8. The number of carbonyl (C=O) groups excluding carboxylic acids is 1. The second-order valence-corrected chi connectivity index (χ2v) is 11.8. The maximum Gasteiger partial charge on any atom is 0.271 e. The minimum atomic E-state index is -0.326. The summed E-state index contributed by atoms with van der Waals surface area (Å²) in [6, 6.07) is 5.56. The van der Waals surface area contributed by atoms with Crippen molar-refractivity contribution in [2.24, 2.45) is 10.7 Å². The minimum Gasteiger partial charge on any atom is -0.383 e. The molecule has 0 atom stereocenters. The monoisotopic (exact) mass is 582 g/mol. The number of aliphatic imine (C=N–C) groups is 1. The summed E-state index contributed by atoms with van der Waals surface area (Å²) in [5, 5.41) is 6.95. The van der Waals surface area contributed by atoms with Gasteiger partial charge in [-0.1, -0.05) is 17.7 Å². The van der Waals surface area contributed by atoms with Crippen molar-refractivity contribution in [1.29, 1.82) is 0 Å². The molecular weight excluding hydrogens is 548 g/mol. The predicted octanol–water partition coefficient (Wildman–Crippen LogP) is 3.93. The molecule has 5 rings (SSSR count). The summed E-state index contributed by atoms with van der Waals surface area (Å²) >= 11 is 7.73. The topological polar surface area (TPSA) is 132 Å². The van der Waals surface area contributed by atoms with E-state index in [2.05, 4.69) is 47.9 Å². The summed E-state index contributed by atoms with van der Waals surface area (Å²) in [7, 11) is 2.12. The number of amides is 1. The number of hydrogen-bond donors (Lipinski definition) is 4. The molecule has 12 heteroatoms. The zero-order valence-corrected chi connectivity index (χ0v) is 24.6. The van der Waals surface area contributed by atoms with Crippen LogP contribution in [0, 0.1) is 13.8 Å². The van der Waals surface area contributed by atoms with Gasteiger partial charge in [-0.3, -0.25) is 23.9 Å². The van der Waals surface area contributed by atoms with E-state index in [9.17, 15) is 9.59 Å². The number of H-pyrrole nitrogens is 1. The van der Waals surface area contributed by atoms with Gasteiger partial charge in [-0.15, -0.1) is 0 Å². The van der Waals surface area contributed by atoms with Gasteiger partial charge < -0.3 is 21.3 Å². The number of halogens is 1. The molecule has 0 spiro atoms. The number of aromatic amines is 1. The fraction of sp³-hybridized carbons (Fsp3) is 0.429. The van der Waals surface area contributed by atoms with Crippen LogP contribution in [-0.2, 0) is 0 Å². The first-order valence-electron chi connectivity index (χ1n) is 13.5. The van der Waals surface area contributed by atoms with Crippen LogP contribution in [-0.4, -0.2) is 77.2 Å². The average Bonchev–Trinajstić information content (AvgIpc) is 3.69. The number of aryl methyl sites for hydroxylation is 2. The van der Waals surface area contributed by atoms with Crippen molar-refractivity contribution in [2.75, 3.05) is 56.9 Å². The third-order valence-electron chi connectivity index (χ3n) is 7.40. The number of aromatic nitrogens is 2. The van der Waals surface area contributed by atoms with Crippen molar-refractivity contribution in [3.05, 3.63) is 67.6 Å². The first-order chi connectivity index (χ1) is 19.2. The van der Waals surface area contributed by atoms with Gasteiger partial charge in [0.25, 0.3) is 11.5 Å². The number of likely N-dealkylation sites (N-methyl/N-ethyl adjacent to an activating group) is 1. The molecule has 1 saturated carbocycles. The van der Waals surface area contributed by atoms with E-state index in [4.69, 9.17) is 17.3 Å². The van der Waals surface area contributed by atoms with Crippen LogP contribution in [0.1, 0.15) is 51.4 Å². The molecular formula is C28H35ClN8O2S. The number of piperazine rings is 1. The van der Waals surface area contributed by atoms with E-state index in [0.717, 1.165) is 49.8 Å². The molecule has 1 aliphatic heterocycles. The number of anilines is 3. The van der Waals surface area contributed by atoms with E-state index in [1.807, 2.05) is 26.1 Å². The maximum absolute atomic E-state index is 13.1. The SMILES string of the molecule is Cc1cc(C2CC2)cnc1NC(=O)c1c(C)cc(Nc2s[nH]c(=O)c2C(N)=NCCN2CCN(C)CC2)cc1Cl. The Bertz CT molecular complexity index is 1460. The standard InChI is InChI=1S/C28H35ClN8O2S/c1-16-13-20(14-21(29)22(16)26(38)34-25-17(2)12-19(15-32-25)18-4-5-18)33-28-23(27(39)35-40-28)24(30)31-6-7-37-10-8-36(3)9-11-37/h12-15,18,33H,4-11H2,1-3H3,(H2,30,31)(H,35,39)(H,32,34,38). The summed E-state index contributed by atoms with van der Waals surface area (Å²) in [6.07, 6.45) is 4.22. The van der Waals surface area contributed by atoms with Crippen molar-refractivity contribution in [2.45, 2.75) is 32.6 Å². The lowest BCUT2D eigenvalue weighted by Gasteiger charge is -2.31. The van der Waals surface area contributed by atoms with E-state index in [1.165, 1.54) is 18.4 Å². The lowest BCUT2D eigenvalue weighted by molar-refractivity contribution is 0.102. The van der Waals surface area contributed by atoms with Crippen LogP contribution in [0.4, 0.5) is 16.5 Å². The van der Waals surface area contributed by atoms with Gasteiger partial charge in [0.1, 0.15) is 22.2 Å². The van der Waals surface area contributed by atoms with E-state index < -0.39 is 0 Å². The first-order valence-corrected chi connectivity index (χ1v) is 14.7. The van der Waals surface area contributed by atoms with Gasteiger partial charge >= 0.3 is 0 Å². The van der Waals surface area contributed by atoms with E-state index in [-0.39, 0.29) is 22.3 Å². The molecule has 5 N–H and O–H groups in total. The van der Waals surface area contributed by atoms with Crippen molar-refractivity contribution in [3.8, 4) is 0 Å². The highest BCUT2D eigenvalue weighted by atomic mass is 35.5. The average molecular weight is 583 g/mol. The number of nitrogens with zero attached hydrogens (tertiary/aromatic N) is 4. The molecule has 3 aromatic rings. The van der Waals surface area contributed by atoms with Gasteiger partial charge in [0.15, 0.2) is 0 Å². The van der Waals surface area contributed by atoms with E-state index >= 15 is 0 Å². The Kier molecular flexibility index (Phi) is 8.55. The normalized spacial score (nSPS) is 16.8. The molecule has 1 aromatic carbocycles. The summed E-state index contributed by atoms with van der Waals surface area (Å²) < 4.78 is 2.73. The zero-order valence-electron chi connectivity index (χ0n) is 23.0. The molecule has 0 radical (unpaired) electrons. The summed E-state index contributed by atoms with van der Waals surface area (Å²) in [6.45, 7) is 9.11. The number of pyridine rings is 1. The van der Waals surface area contributed by atoms with Crippen LogP contribution in [0.25, 0.3) is 0 Å². The Morgan fingerprint density at radius 3 is 2.60 bits per heavy atom. The highest BCUT2D eigenvalue weighted by Gasteiger charge is 2.25. The van der Waals surface area contributed by atoms with E-state index in [0.29, 0.717) is 45.7 Å². The third-order valence-corrected chi connectivity index (χ3v) is 8.50. The van der Waals surface area contributed by atoms with Gasteiger partial charge in [-0.2, -0.15) is 0 Å². The molecule has 1 saturated heterocycles. The number of nitrogens with two attached hydrogens (primary N) is 1. The molecule has 1 aliphatic carbocycles. The largest absolute Gasteiger partial charge is 0.383 e. The van der Waals surface area contributed by atoms with Crippen LogP contribution in [0.2, 0.25) is 5.02 Å². The Labute approximate surface area is 242 Å². The van der Waals surface area contributed by atoms with Crippen LogP contribution in [0.5, 0.6) is 0 Å². The van der Waals surface area contributed by atoms with Gasteiger partial charge in [-0.05, 0) is 80.0 Å². The van der Waals surface area contributed by atoms with Gasteiger partial charge in [0, 0.05) is 44.6 Å². The molecule has 40 heavy (non-hydrogen) atoms. The van der Waals surface area contributed by atoms with Crippen molar-refractivity contribution in [1.82, 2.24) is 19.2 Å². The molecule has 2 aromatic heterocycles. The number of rotatable bonds is 9. The Morgan fingerprint density at radius 1 is 1.18 bits per heavy atom. The number of carbonyl (C=O) groups is 1. The van der Waals surface area contributed by atoms with Crippen LogP contribution in [0.3, 0.4) is 0 Å². The second kappa shape index (κ2) is 12.1. The third kappa shape index (κ3) is 6.55. The Morgan fingerprint density at radius 2 is 1.93 bits per heavy atom. The predicted molar refractivity (Wildman–Crippen MR) is 163 cm³/mol. The Hall–Kier alpha value is -3.25. The van der Waals surface area contributed by atoms with Crippen molar-refractivity contribution < 1.29 is 4.79 Å².